The van der Waals surface area contributed by atoms with Crippen molar-refractivity contribution in [3.8, 4) is 5.75 Å². The topological polar surface area (TPSA) is 75.6 Å². The molecule has 138 valence electrons. The van der Waals surface area contributed by atoms with Gasteiger partial charge in [0, 0.05) is 11.3 Å². The molecule has 0 spiro atoms. The fraction of sp³-hybridized carbons (Fsp3) is 0.333. The average Bonchev–Trinajstić information content (AvgIpc) is 2.63. The van der Waals surface area contributed by atoms with Gasteiger partial charge in [0.05, 0.1) is 18.4 Å². The van der Waals surface area contributed by atoms with Crippen LogP contribution in [0.5, 0.6) is 5.75 Å². The molecule has 2 rings (SSSR count). The minimum absolute atomic E-state index is 0.145. The van der Waals surface area contributed by atoms with Crippen LogP contribution in [0, 0.1) is 5.92 Å². The zero-order valence-corrected chi connectivity index (χ0v) is 15.6. The number of benzene rings is 2. The van der Waals surface area contributed by atoms with E-state index in [1.165, 1.54) is 0 Å². The molecule has 0 bridgehead atoms. The Bertz CT molecular complexity index is 781. The number of anilines is 1. The van der Waals surface area contributed by atoms with E-state index < -0.39 is 17.3 Å². The Kier molecular flexibility index (Phi) is 6.03. The van der Waals surface area contributed by atoms with Gasteiger partial charge in [-0.2, -0.15) is 0 Å². The summed E-state index contributed by atoms with van der Waals surface area (Å²) in [7, 11) is 1.59. The lowest BCUT2D eigenvalue weighted by Crippen LogP contribution is -2.35. The van der Waals surface area contributed by atoms with Gasteiger partial charge in [-0.05, 0) is 44.0 Å². The van der Waals surface area contributed by atoms with Crippen molar-refractivity contribution in [3.63, 3.8) is 0 Å². The molecule has 5 nitrogen and oxygen atoms in total. The molecule has 2 aromatic rings. The lowest BCUT2D eigenvalue weighted by molar-refractivity contribution is -0.141. The van der Waals surface area contributed by atoms with Crippen LogP contribution in [0.25, 0.3) is 0 Å². The van der Waals surface area contributed by atoms with Gasteiger partial charge in [-0.1, -0.05) is 37.3 Å². The molecule has 26 heavy (non-hydrogen) atoms. The molecule has 0 aliphatic carbocycles. The first-order valence-electron chi connectivity index (χ1n) is 8.52. The van der Waals surface area contributed by atoms with E-state index in [2.05, 4.69) is 5.32 Å². The molecule has 0 aromatic heterocycles. The summed E-state index contributed by atoms with van der Waals surface area (Å²) < 4.78 is 5.38. The van der Waals surface area contributed by atoms with Gasteiger partial charge in [0.25, 0.3) is 0 Å². The summed E-state index contributed by atoms with van der Waals surface area (Å²) in [6.45, 7) is 5.37. The highest BCUT2D eigenvalue weighted by molar-refractivity contribution is 5.99. The molecule has 0 saturated carbocycles. The first kappa shape index (κ1) is 19.5. The normalized spacial score (nSPS) is 12.3. The molecule has 0 aliphatic rings. The van der Waals surface area contributed by atoms with Gasteiger partial charge >= 0.3 is 5.97 Å². The van der Waals surface area contributed by atoms with E-state index >= 15 is 0 Å². The second kappa shape index (κ2) is 8.04. The number of methoxy groups -OCH3 is 1. The molecule has 2 aromatic carbocycles. The number of para-hydroxylation sites is 1. The highest BCUT2D eigenvalue weighted by Crippen LogP contribution is 2.32. The summed E-state index contributed by atoms with van der Waals surface area (Å²) in [6, 6.07) is 14.7. The third-order valence-corrected chi connectivity index (χ3v) is 4.52. The highest BCUT2D eigenvalue weighted by Gasteiger charge is 2.32. The Balaban J connectivity index is 2.12. The molecule has 1 unspecified atom stereocenters. The fourth-order valence-electron chi connectivity index (χ4n) is 2.74. The molecule has 1 amide bonds. The van der Waals surface area contributed by atoms with Crippen LogP contribution in [-0.2, 0) is 21.4 Å². The number of nitrogens with one attached hydrogen (secondary N) is 1. The van der Waals surface area contributed by atoms with Crippen molar-refractivity contribution in [3.05, 3.63) is 59.7 Å². The number of ether oxygens (including phenoxy) is 1. The van der Waals surface area contributed by atoms with E-state index in [9.17, 15) is 9.59 Å². The zero-order valence-electron chi connectivity index (χ0n) is 15.6. The van der Waals surface area contributed by atoms with E-state index in [0.29, 0.717) is 17.9 Å². The van der Waals surface area contributed by atoms with Crippen molar-refractivity contribution in [1.29, 1.82) is 0 Å². The summed E-state index contributed by atoms with van der Waals surface area (Å²) in [6.07, 6.45) is 0.455. The minimum Gasteiger partial charge on any atom is -0.496 e. The number of carboxylic acids is 1. The fourth-order valence-corrected chi connectivity index (χ4v) is 2.74. The highest BCUT2D eigenvalue weighted by atomic mass is 16.5. The predicted octanol–water partition coefficient (Wildman–Crippen LogP) is 3.87. The summed E-state index contributed by atoms with van der Waals surface area (Å²) in [5.41, 5.74) is 1.63. The quantitative estimate of drug-likeness (QED) is 0.790. The van der Waals surface area contributed by atoms with Crippen LogP contribution in [0.4, 0.5) is 5.69 Å². The van der Waals surface area contributed by atoms with Crippen LogP contribution in [0.2, 0.25) is 0 Å². The molecule has 2 N–H and O–H groups in total. The van der Waals surface area contributed by atoms with E-state index in [1.54, 1.807) is 26.2 Å². The van der Waals surface area contributed by atoms with Gasteiger partial charge in [-0.25, -0.2) is 0 Å². The van der Waals surface area contributed by atoms with E-state index in [1.807, 2.05) is 50.2 Å². The number of rotatable bonds is 7. The third kappa shape index (κ3) is 4.42. The average molecular weight is 355 g/mol. The summed E-state index contributed by atoms with van der Waals surface area (Å²) in [5, 5.41) is 11.9. The first-order chi connectivity index (χ1) is 12.3. The van der Waals surface area contributed by atoms with Gasteiger partial charge in [-0.3, -0.25) is 9.59 Å². The van der Waals surface area contributed by atoms with Crippen molar-refractivity contribution >= 4 is 17.6 Å². The van der Waals surface area contributed by atoms with Crippen LogP contribution in [0.1, 0.15) is 31.9 Å². The predicted molar refractivity (Wildman–Crippen MR) is 102 cm³/mol. The monoisotopic (exact) mass is 355 g/mol. The first-order valence-corrected chi connectivity index (χ1v) is 8.52. The van der Waals surface area contributed by atoms with Crippen molar-refractivity contribution in [1.82, 2.24) is 0 Å². The summed E-state index contributed by atoms with van der Waals surface area (Å²) >= 11 is 0. The second-order valence-corrected chi connectivity index (χ2v) is 6.92. The summed E-state index contributed by atoms with van der Waals surface area (Å²) in [5.74, 6) is -0.736. The van der Waals surface area contributed by atoms with Gasteiger partial charge < -0.3 is 15.2 Å². The maximum Gasteiger partial charge on any atom is 0.306 e. The standard InChI is InChI=1S/C21H25NO4/c1-14(19(23)24)13-15-9-11-16(12-10-15)22-20(25)21(2,3)17-7-5-6-8-18(17)26-4/h5-12,14H,13H2,1-4H3,(H,22,25)(H,23,24). The Morgan fingerprint density at radius 3 is 2.31 bits per heavy atom. The Morgan fingerprint density at radius 1 is 1.12 bits per heavy atom. The van der Waals surface area contributed by atoms with Gasteiger partial charge in [-0.15, -0.1) is 0 Å². The maximum atomic E-state index is 12.8. The number of carboxylic acid groups (broad SMARTS) is 1. The molecule has 0 saturated heterocycles. The molecule has 0 radical (unpaired) electrons. The van der Waals surface area contributed by atoms with Gasteiger partial charge in [0.15, 0.2) is 0 Å². The lowest BCUT2D eigenvalue weighted by Gasteiger charge is -2.26. The molecular formula is C21H25NO4. The van der Waals surface area contributed by atoms with Crippen molar-refractivity contribution in [2.45, 2.75) is 32.6 Å². The van der Waals surface area contributed by atoms with Gasteiger partial charge in [0.2, 0.25) is 5.91 Å². The van der Waals surface area contributed by atoms with Crippen LogP contribution in [-0.4, -0.2) is 24.1 Å². The molecule has 0 fully saturated rings. The third-order valence-electron chi connectivity index (χ3n) is 4.52. The number of aliphatic carboxylic acids is 1. The number of amides is 1. The number of hydrogen-bond donors (Lipinski definition) is 2. The van der Waals surface area contributed by atoms with Crippen molar-refractivity contribution in [2.75, 3.05) is 12.4 Å². The molecule has 0 aliphatic heterocycles. The van der Waals surface area contributed by atoms with Crippen molar-refractivity contribution < 1.29 is 19.4 Å². The van der Waals surface area contributed by atoms with E-state index in [0.717, 1.165) is 11.1 Å². The second-order valence-electron chi connectivity index (χ2n) is 6.92. The van der Waals surface area contributed by atoms with Crippen LogP contribution < -0.4 is 10.1 Å². The Labute approximate surface area is 154 Å². The molecule has 5 heteroatoms. The number of carbonyl (C=O) groups is 2. The molecule has 0 heterocycles. The molecular weight excluding hydrogens is 330 g/mol. The SMILES string of the molecule is COc1ccccc1C(C)(C)C(=O)Nc1ccc(CC(C)C(=O)O)cc1. The summed E-state index contributed by atoms with van der Waals surface area (Å²) in [4.78, 5) is 23.8. The Morgan fingerprint density at radius 2 is 1.73 bits per heavy atom. The van der Waals surface area contributed by atoms with Gasteiger partial charge in [0.1, 0.15) is 5.75 Å². The Hall–Kier alpha value is -2.82. The van der Waals surface area contributed by atoms with Crippen LogP contribution in [0.15, 0.2) is 48.5 Å². The minimum atomic E-state index is -0.819. The molecule has 1 atom stereocenters. The zero-order chi connectivity index (χ0) is 19.3. The van der Waals surface area contributed by atoms with E-state index in [4.69, 9.17) is 9.84 Å². The maximum absolute atomic E-state index is 12.8. The van der Waals surface area contributed by atoms with Crippen LogP contribution >= 0.6 is 0 Å². The smallest absolute Gasteiger partial charge is 0.306 e. The van der Waals surface area contributed by atoms with Crippen LogP contribution in [0.3, 0.4) is 0 Å². The van der Waals surface area contributed by atoms with E-state index in [-0.39, 0.29) is 5.91 Å². The largest absolute Gasteiger partial charge is 0.496 e. The number of hydrogen-bond acceptors (Lipinski definition) is 3. The van der Waals surface area contributed by atoms with Crippen molar-refractivity contribution in [2.24, 2.45) is 5.92 Å². The lowest BCUT2D eigenvalue weighted by atomic mass is 9.83. The number of carbonyl (C=O) groups excluding carboxylic acids is 1.